The van der Waals surface area contributed by atoms with Crippen LogP contribution in [0.15, 0.2) is 30.5 Å². The highest BCUT2D eigenvalue weighted by Crippen LogP contribution is 2.25. The SMILES string of the molecule is CC(=O)c1ccc(Cn2cc(C)c3c2CCN(CCN2CCOCC2)C3=O)cc1. The molecule has 154 valence electrons. The molecule has 1 saturated heterocycles. The molecule has 0 saturated carbocycles. The molecular formula is C23H29N3O3. The van der Waals surface area contributed by atoms with Gasteiger partial charge < -0.3 is 14.2 Å². The Morgan fingerprint density at radius 1 is 1.07 bits per heavy atom. The second-order valence-corrected chi connectivity index (χ2v) is 8.01. The van der Waals surface area contributed by atoms with Crippen molar-refractivity contribution in [1.82, 2.24) is 14.4 Å². The molecule has 4 rings (SSSR count). The molecule has 0 spiro atoms. The van der Waals surface area contributed by atoms with Crippen LogP contribution in [-0.2, 0) is 17.7 Å². The summed E-state index contributed by atoms with van der Waals surface area (Å²) in [6.07, 6.45) is 2.97. The summed E-state index contributed by atoms with van der Waals surface area (Å²) in [5.41, 5.74) is 4.91. The van der Waals surface area contributed by atoms with Crippen LogP contribution in [0.1, 0.15) is 44.5 Å². The van der Waals surface area contributed by atoms with Crippen molar-refractivity contribution in [1.29, 1.82) is 0 Å². The van der Waals surface area contributed by atoms with Crippen LogP contribution in [-0.4, -0.2) is 72.0 Å². The lowest BCUT2D eigenvalue weighted by atomic mass is 10.0. The van der Waals surface area contributed by atoms with E-state index in [0.29, 0.717) is 0 Å². The molecule has 2 aliphatic heterocycles. The first kappa shape index (κ1) is 19.9. The Morgan fingerprint density at radius 3 is 2.48 bits per heavy atom. The van der Waals surface area contributed by atoms with Crippen LogP contribution in [0.3, 0.4) is 0 Å². The van der Waals surface area contributed by atoms with E-state index in [1.807, 2.05) is 36.1 Å². The van der Waals surface area contributed by atoms with Crippen molar-refractivity contribution < 1.29 is 14.3 Å². The molecular weight excluding hydrogens is 366 g/mol. The number of ether oxygens (including phenoxy) is 1. The third-order valence-corrected chi connectivity index (χ3v) is 6.00. The van der Waals surface area contributed by atoms with Crippen LogP contribution in [0.5, 0.6) is 0 Å². The van der Waals surface area contributed by atoms with E-state index in [1.165, 1.54) is 0 Å². The highest BCUT2D eigenvalue weighted by atomic mass is 16.5. The number of carbonyl (C=O) groups excluding carboxylic acids is 2. The molecule has 0 radical (unpaired) electrons. The molecule has 1 fully saturated rings. The van der Waals surface area contributed by atoms with Gasteiger partial charge in [-0.15, -0.1) is 0 Å². The first-order valence-electron chi connectivity index (χ1n) is 10.4. The number of hydrogen-bond acceptors (Lipinski definition) is 4. The Hall–Kier alpha value is -2.44. The number of carbonyl (C=O) groups is 2. The van der Waals surface area contributed by atoms with Crippen LogP contribution in [0.2, 0.25) is 0 Å². The van der Waals surface area contributed by atoms with E-state index >= 15 is 0 Å². The third-order valence-electron chi connectivity index (χ3n) is 6.00. The van der Waals surface area contributed by atoms with Gasteiger partial charge >= 0.3 is 0 Å². The first-order valence-corrected chi connectivity index (χ1v) is 10.4. The van der Waals surface area contributed by atoms with Gasteiger partial charge in [0.05, 0.1) is 18.8 Å². The van der Waals surface area contributed by atoms with Gasteiger partial charge in [0, 0.05) is 63.1 Å². The van der Waals surface area contributed by atoms with E-state index in [4.69, 9.17) is 4.74 Å². The number of fused-ring (bicyclic) bond motifs is 1. The van der Waals surface area contributed by atoms with Gasteiger partial charge in [-0.25, -0.2) is 0 Å². The number of aromatic nitrogens is 1. The predicted octanol–water partition coefficient (Wildman–Crippen LogP) is 2.38. The Balaban J connectivity index is 1.45. The van der Waals surface area contributed by atoms with Gasteiger partial charge in [-0.05, 0) is 25.0 Å². The molecule has 0 bridgehead atoms. The number of nitrogens with zero attached hydrogens (tertiary/aromatic N) is 3. The summed E-state index contributed by atoms with van der Waals surface area (Å²) in [7, 11) is 0. The van der Waals surface area contributed by atoms with Gasteiger partial charge in [0.15, 0.2) is 5.78 Å². The zero-order chi connectivity index (χ0) is 20.4. The van der Waals surface area contributed by atoms with Crippen molar-refractivity contribution in [2.75, 3.05) is 45.9 Å². The van der Waals surface area contributed by atoms with E-state index in [0.717, 1.165) is 86.9 Å². The summed E-state index contributed by atoms with van der Waals surface area (Å²) >= 11 is 0. The molecule has 2 aliphatic rings. The molecule has 3 heterocycles. The van der Waals surface area contributed by atoms with E-state index in [1.54, 1.807) is 6.92 Å². The fourth-order valence-electron chi connectivity index (χ4n) is 4.29. The zero-order valence-electron chi connectivity index (χ0n) is 17.3. The molecule has 1 aromatic carbocycles. The summed E-state index contributed by atoms with van der Waals surface area (Å²) in [5, 5.41) is 0. The predicted molar refractivity (Wildman–Crippen MR) is 112 cm³/mol. The van der Waals surface area contributed by atoms with Crippen LogP contribution >= 0.6 is 0 Å². The van der Waals surface area contributed by atoms with Crippen molar-refractivity contribution in [2.24, 2.45) is 0 Å². The Bertz CT molecular complexity index is 895. The standard InChI is InChI=1S/C23H29N3O3/c1-17-15-26(16-19-3-5-20(6-4-19)18(2)27)21-7-8-25(23(28)22(17)21)10-9-24-11-13-29-14-12-24/h3-6,15H,7-14,16H2,1-2H3. The minimum absolute atomic E-state index is 0.0773. The maximum atomic E-state index is 13.1. The molecule has 1 aromatic heterocycles. The molecule has 0 aliphatic carbocycles. The Morgan fingerprint density at radius 2 is 1.79 bits per heavy atom. The average Bonchev–Trinajstić information content (AvgIpc) is 3.04. The molecule has 0 atom stereocenters. The van der Waals surface area contributed by atoms with Gasteiger partial charge in [0.25, 0.3) is 5.91 Å². The molecule has 0 unspecified atom stereocenters. The largest absolute Gasteiger partial charge is 0.379 e. The lowest BCUT2D eigenvalue weighted by Gasteiger charge is -2.32. The third kappa shape index (κ3) is 4.28. The average molecular weight is 396 g/mol. The summed E-state index contributed by atoms with van der Waals surface area (Å²) in [5.74, 6) is 0.233. The van der Waals surface area contributed by atoms with Crippen molar-refractivity contribution in [2.45, 2.75) is 26.8 Å². The van der Waals surface area contributed by atoms with E-state index in [9.17, 15) is 9.59 Å². The van der Waals surface area contributed by atoms with Crippen LogP contribution in [0.4, 0.5) is 0 Å². The topological polar surface area (TPSA) is 54.8 Å². The number of amides is 1. The maximum absolute atomic E-state index is 13.1. The quantitative estimate of drug-likeness (QED) is 0.705. The van der Waals surface area contributed by atoms with Crippen molar-refractivity contribution in [3.05, 3.63) is 58.4 Å². The van der Waals surface area contributed by atoms with E-state index < -0.39 is 0 Å². The zero-order valence-corrected chi connectivity index (χ0v) is 17.3. The van der Waals surface area contributed by atoms with Crippen molar-refractivity contribution in [3.8, 4) is 0 Å². The van der Waals surface area contributed by atoms with Crippen molar-refractivity contribution >= 4 is 11.7 Å². The fourth-order valence-corrected chi connectivity index (χ4v) is 4.29. The molecule has 0 N–H and O–H groups in total. The van der Waals surface area contributed by atoms with E-state index in [-0.39, 0.29) is 11.7 Å². The molecule has 6 nitrogen and oxygen atoms in total. The normalized spacial score (nSPS) is 17.4. The van der Waals surface area contributed by atoms with Gasteiger partial charge in [0.1, 0.15) is 0 Å². The van der Waals surface area contributed by atoms with Gasteiger partial charge in [-0.2, -0.15) is 0 Å². The number of ketones is 1. The monoisotopic (exact) mass is 395 g/mol. The number of morpholine rings is 1. The summed E-state index contributed by atoms with van der Waals surface area (Å²) in [4.78, 5) is 29.0. The number of hydrogen-bond donors (Lipinski definition) is 0. The molecule has 29 heavy (non-hydrogen) atoms. The minimum Gasteiger partial charge on any atom is -0.379 e. The van der Waals surface area contributed by atoms with Crippen molar-refractivity contribution in [3.63, 3.8) is 0 Å². The number of rotatable bonds is 6. The number of aryl methyl sites for hydroxylation is 1. The lowest BCUT2D eigenvalue weighted by molar-refractivity contribution is 0.0321. The van der Waals surface area contributed by atoms with Gasteiger partial charge in [-0.1, -0.05) is 24.3 Å². The van der Waals surface area contributed by atoms with E-state index in [2.05, 4.69) is 15.7 Å². The maximum Gasteiger partial charge on any atom is 0.256 e. The lowest BCUT2D eigenvalue weighted by Crippen LogP contribution is -2.45. The summed E-state index contributed by atoms with van der Waals surface area (Å²) in [6.45, 7) is 10.2. The Kier molecular flexibility index (Phi) is 5.83. The van der Waals surface area contributed by atoms with Gasteiger partial charge in [-0.3, -0.25) is 14.5 Å². The summed E-state index contributed by atoms with van der Waals surface area (Å²) < 4.78 is 7.60. The highest BCUT2D eigenvalue weighted by Gasteiger charge is 2.29. The smallest absolute Gasteiger partial charge is 0.256 e. The highest BCUT2D eigenvalue weighted by molar-refractivity contribution is 5.98. The molecule has 1 amide bonds. The first-order chi connectivity index (χ1) is 14.0. The van der Waals surface area contributed by atoms with Gasteiger partial charge in [0.2, 0.25) is 0 Å². The molecule has 2 aromatic rings. The fraction of sp³-hybridized carbons (Fsp3) is 0.478. The minimum atomic E-state index is 0.0773. The molecule has 6 heteroatoms. The van der Waals surface area contributed by atoms with Crippen LogP contribution < -0.4 is 0 Å². The van der Waals surface area contributed by atoms with Crippen LogP contribution in [0, 0.1) is 6.92 Å². The summed E-state index contributed by atoms with van der Waals surface area (Å²) in [6, 6.07) is 7.74. The Labute approximate surface area is 172 Å². The second-order valence-electron chi connectivity index (χ2n) is 8.01. The van der Waals surface area contributed by atoms with Crippen LogP contribution in [0.25, 0.3) is 0 Å². The number of benzene rings is 1. The number of Topliss-reactive ketones (excluding diaryl/α,β-unsaturated/α-hetero) is 1. The second kappa shape index (κ2) is 8.51.